The number of aromatic nitrogens is 4. The first kappa shape index (κ1) is 17.1. The van der Waals surface area contributed by atoms with Gasteiger partial charge in [0.2, 0.25) is 5.69 Å². The van der Waals surface area contributed by atoms with E-state index in [4.69, 9.17) is 23.2 Å². The number of nitrogens with zero attached hydrogens (tertiary/aromatic N) is 3. The molecule has 2 aromatic heterocycles. The Hall–Kier alpha value is -2.77. The minimum absolute atomic E-state index is 0.166. The van der Waals surface area contributed by atoms with Crippen LogP contribution < -0.4 is 10.9 Å². The summed E-state index contributed by atoms with van der Waals surface area (Å²) in [6.07, 6.45) is 1.56. The molecule has 0 radical (unpaired) electrons. The van der Waals surface area contributed by atoms with Gasteiger partial charge in [-0.25, -0.2) is 0 Å². The monoisotopic (exact) mass is 375 g/mol. The second-order valence-electron chi connectivity index (χ2n) is 5.00. The van der Waals surface area contributed by atoms with E-state index in [1.165, 1.54) is 0 Å². The maximum absolute atomic E-state index is 12.1. The summed E-state index contributed by atoms with van der Waals surface area (Å²) >= 11 is 11.8. The Balaban J connectivity index is 1.74. The molecule has 0 unspecified atom stereocenters. The normalized spacial score (nSPS) is 10.5. The van der Waals surface area contributed by atoms with Gasteiger partial charge in [-0.05, 0) is 29.8 Å². The summed E-state index contributed by atoms with van der Waals surface area (Å²) in [4.78, 5) is 30.8. The van der Waals surface area contributed by atoms with Crippen LogP contribution in [0.4, 0.5) is 0 Å². The summed E-state index contributed by atoms with van der Waals surface area (Å²) in [6, 6.07) is 10.1. The number of rotatable bonds is 4. The van der Waals surface area contributed by atoms with Crippen LogP contribution in [0.2, 0.25) is 10.0 Å². The molecule has 0 aliphatic carbocycles. The number of hydrogen-bond acceptors (Lipinski definition) is 5. The Labute approximate surface area is 152 Å². The second-order valence-corrected chi connectivity index (χ2v) is 5.81. The molecule has 0 fully saturated rings. The maximum Gasteiger partial charge on any atom is 0.283 e. The molecule has 0 bridgehead atoms. The van der Waals surface area contributed by atoms with Crippen LogP contribution in [0.3, 0.4) is 0 Å². The van der Waals surface area contributed by atoms with E-state index in [-0.39, 0.29) is 18.1 Å². The third-order valence-electron chi connectivity index (χ3n) is 3.26. The molecule has 2 heterocycles. The largest absolute Gasteiger partial charge is 0.346 e. The third-order valence-corrected chi connectivity index (χ3v) is 4.00. The zero-order valence-electron chi connectivity index (χ0n) is 12.7. The fraction of sp³-hybridized carbons (Fsp3) is 0.0625. The van der Waals surface area contributed by atoms with E-state index in [0.717, 1.165) is 5.56 Å². The van der Waals surface area contributed by atoms with Gasteiger partial charge in [0, 0.05) is 12.7 Å². The smallest absolute Gasteiger partial charge is 0.283 e. The Bertz CT molecular complexity index is 976. The van der Waals surface area contributed by atoms with Crippen LogP contribution in [-0.4, -0.2) is 26.1 Å². The van der Waals surface area contributed by atoms with E-state index in [0.29, 0.717) is 15.7 Å². The van der Waals surface area contributed by atoms with Crippen molar-refractivity contribution in [1.29, 1.82) is 0 Å². The van der Waals surface area contributed by atoms with Gasteiger partial charge in [-0.15, -0.1) is 10.2 Å². The fourth-order valence-corrected chi connectivity index (χ4v) is 2.34. The SMILES string of the molecule is O=C(NCc1ccc(Cl)c(Cl)c1)c1nnc(-c2ccccn2)[nH]c1=O. The van der Waals surface area contributed by atoms with Gasteiger partial charge in [0.1, 0.15) is 5.69 Å². The Morgan fingerprint density at radius 2 is 1.96 bits per heavy atom. The highest BCUT2D eigenvalue weighted by Gasteiger charge is 2.15. The van der Waals surface area contributed by atoms with Crippen molar-refractivity contribution >= 4 is 29.1 Å². The highest BCUT2D eigenvalue weighted by Crippen LogP contribution is 2.22. The van der Waals surface area contributed by atoms with Gasteiger partial charge in [0.05, 0.1) is 10.0 Å². The number of carbonyl (C=O) groups excluding carboxylic acids is 1. The summed E-state index contributed by atoms with van der Waals surface area (Å²) in [7, 11) is 0. The molecule has 126 valence electrons. The van der Waals surface area contributed by atoms with Crippen molar-refractivity contribution in [2.24, 2.45) is 0 Å². The van der Waals surface area contributed by atoms with Gasteiger partial charge >= 0.3 is 0 Å². The number of nitrogens with one attached hydrogen (secondary N) is 2. The van der Waals surface area contributed by atoms with Crippen LogP contribution >= 0.6 is 23.2 Å². The number of hydrogen-bond donors (Lipinski definition) is 2. The van der Waals surface area contributed by atoms with Crippen molar-refractivity contribution in [3.8, 4) is 11.5 Å². The summed E-state index contributed by atoms with van der Waals surface area (Å²) < 4.78 is 0. The molecular formula is C16H11Cl2N5O2. The molecular weight excluding hydrogens is 365 g/mol. The Morgan fingerprint density at radius 1 is 1.12 bits per heavy atom. The van der Waals surface area contributed by atoms with E-state index >= 15 is 0 Å². The highest BCUT2D eigenvalue weighted by molar-refractivity contribution is 6.42. The van der Waals surface area contributed by atoms with Gasteiger partial charge in [-0.2, -0.15) is 0 Å². The predicted molar refractivity (Wildman–Crippen MR) is 93.5 cm³/mol. The molecule has 25 heavy (non-hydrogen) atoms. The van der Waals surface area contributed by atoms with Crippen molar-refractivity contribution in [3.05, 3.63) is 74.3 Å². The number of benzene rings is 1. The first-order chi connectivity index (χ1) is 12.0. The van der Waals surface area contributed by atoms with Gasteiger partial charge in [-0.3, -0.25) is 14.6 Å². The van der Waals surface area contributed by atoms with Crippen LogP contribution in [0.1, 0.15) is 16.1 Å². The van der Waals surface area contributed by atoms with Gasteiger partial charge in [0.25, 0.3) is 11.5 Å². The van der Waals surface area contributed by atoms with Crippen molar-refractivity contribution in [2.45, 2.75) is 6.54 Å². The number of carbonyl (C=O) groups is 1. The van der Waals surface area contributed by atoms with E-state index in [1.54, 1.807) is 42.6 Å². The lowest BCUT2D eigenvalue weighted by molar-refractivity contribution is 0.0943. The van der Waals surface area contributed by atoms with Crippen LogP contribution in [0.5, 0.6) is 0 Å². The van der Waals surface area contributed by atoms with Crippen molar-refractivity contribution in [3.63, 3.8) is 0 Å². The van der Waals surface area contributed by atoms with Gasteiger partial charge in [-0.1, -0.05) is 35.3 Å². The summed E-state index contributed by atoms with van der Waals surface area (Å²) in [5, 5.41) is 10.9. The summed E-state index contributed by atoms with van der Waals surface area (Å²) in [6.45, 7) is 0.166. The van der Waals surface area contributed by atoms with Crippen LogP contribution in [0, 0.1) is 0 Å². The van der Waals surface area contributed by atoms with E-state index in [1.807, 2.05) is 0 Å². The minimum atomic E-state index is -0.651. The van der Waals surface area contributed by atoms with Crippen molar-refractivity contribution in [2.75, 3.05) is 0 Å². The van der Waals surface area contributed by atoms with Crippen LogP contribution in [0.25, 0.3) is 11.5 Å². The van der Waals surface area contributed by atoms with E-state index < -0.39 is 11.5 Å². The molecule has 3 rings (SSSR count). The van der Waals surface area contributed by atoms with Crippen molar-refractivity contribution < 1.29 is 4.79 Å². The molecule has 9 heteroatoms. The number of pyridine rings is 1. The molecule has 0 atom stereocenters. The zero-order chi connectivity index (χ0) is 17.8. The quantitative estimate of drug-likeness (QED) is 0.729. The minimum Gasteiger partial charge on any atom is -0.346 e. The first-order valence-electron chi connectivity index (χ1n) is 7.15. The third kappa shape index (κ3) is 4.01. The number of H-pyrrole nitrogens is 1. The Morgan fingerprint density at radius 3 is 2.64 bits per heavy atom. The van der Waals surface area contributed by atoms with Gasteiger partial charge < -0.3 is 10.3 Å². The lowest BCUT2D eigenvalue weighted by atomic mass is 10.2. The average Bonchev–Trinajstić information content (AvgIpc) is 2.63. The molecule has 1 aromatic carbocycles. The molecule has 3 aromatic rings. The second kappa shape index (κ2) is 7.42. The van der Waals surface area contributed by atoms with Crippen LogP contribution in [0.15, 0.2) is 47.4 Å². The predicted octanol–water partition coefficient (Wildman–Crippen LogP) is 2.46. The summed E-state index contributed by atoms with van der Waals surface area (Å²) in [5.41, 5.74) is 0.203. The molecule has 0 saturated heterocycles. The highest BCUT2D eigenvalue weighted by atomic mass is 35.5. The fourth-order valence-electron chi connectivity index (χ4n) is 2.02. The molecule has 0 spiro atoms. The lowest BCUT2D eigenvalue weighted by Crippen LogP contribution is -2.31. The topological polar surface area (TPSA) is 101 Å². The molecule has 0 aliphatic heterocycles. The van der Waals surface area contributed by atoms with Crippen LogP contribution in [-0.2, 0) is 6.54 Å². The summed E-state index contributed by atoms with van der Waals surface area (Å²) in [5.74, 6) is -0.459. The first-order valence-corrected chi connectivity index (χ1v) is 7.90. The molecule has 7 nitrogen and oxygen atoms in total. The maximum atomic E-state index is 12.1. The van der Waals surface area contributed by atoms with E-state index in [9.17, 15) is 9.59 Å². The number of amides is 1. The standard InChI is InChI=1S/C16H11Cl2N5O2/c17-10-5-4-9(7-11(10)18)8-20-15(24)13-16(25)21-14(23-22-13)12-3-1-2-6-19-12/h1-7H,8H2,(H,20,24)(H,21,23,25). The van der Waals surface area contributed by atoms with Crippen molar-refractivity contribution in [1.82, 2.24) is 25.5 Å². The van der Waals surface area contributed by atoms with Gasteiger partial charge in [0.15, 0.2) is 5.82 Å². The Kier molecular flexibility index (Phi) is 5.06. The average molecular weight is 376 g/mol. The van der Waals surface area contributed by atoms with E-state index in [2.05, 4.69) is 25.5 Å². The molecule has 1 amide bonds. The molecule has 0 saturated carbocycles. The molecule has 2 N–H and O–H groups in total. The number of aromatic amines is 1. The number of halogens is 2. The molecule has 0 aliphatic rings. The zero-order valence-corrected chi connectivity index (χ0v) is 14.2. The lowest BCUT2D eigenvalue weighted by Gasteiger charge is -2.06.